The van der Waals surface area contributed by atoms with Crippen LogP contribution in [0.3, 0.4) is 0 Å². The van der Waals surface area contributed by atoms with Crippen LogP contribution in [0.4, 0.5) is 5.82 Å². The predicted molar refractivity (Wildman–Crippen MR) is 81.5 cm³/mol. The van der Waals surface area contributed by atoms with Crippen LogP contribution in [0.2, 0.25) is 0 Å². The van der Waals surface area contributed by atoms with Gasteiger partial charge < -0.3 is 10.4 Å². The fourth-order valence-corrected chi connectivity index (χ4v) is 2.77. The normalized spacial score (nSPS) is 11.1. The summed E-state index contributed by atoms with van der Waals surface area (Å²) in [6.07, 6.45) is 4.08. The fraction of sp³-hybridized carbons (Fsp3) is 0.385. The van der Waals surface area contributed by atoms with Crippen molar-refractivity contribution in [3.63, 3.8) is 0 Å². The minimum Gasteiger partial charge on any atom is -0.394 e. The number of anilines is 1. The van der Waals surface area contributed by atoms with E-state index in [0.29, 0.717) is 6.54 Å². The highest BCUT2D eigenvalue weighted by atomic mass is 32.1. The second-order valence-electron chi connectivity index (χ2n) is 4.59. The predicted octanol–water partition coefficient (Wildman–Crippen LogP) is 1.24. The average molecular weight is 304 g/mol. The summed E-state index contributed by atoms with van der Waals surface area (Å²) in [5.74, 6) is 0.760. The van der Waals surface area contributed by atoms with E-state index in [1.165, 1.54) is 6.33 Å². The molecule has 0 radical (unpaired) electrons. The first-order valence-corrected chi connectivity index (χ1v) is 7.58. The zero-order chi connectivity index (χ0) is 14.7. The molecule has 3 rings (SSSR count). The van der Waals surface area contributed by atoms with Crippen LogP contribution >= 0.6 is 11.3 Å². The minimum absolute atomic E-state index is 0.0344. The van der Waals surface area contributed by atoms with E-state index in [2.05, 4.69) is 30.7 Å². The van der Waals surface area contributed by atoms with E-state index in [9.17, 15) is 0 Å². The summed E-state index contributed by atoms with van der Waals surface area (Å²) in [6, 6.07) is 0. The molecule has 7 nitrogen and oxygen atoms in total. The van der Waals surface area contributed by atoms with E-state index in [1.54, 1.807) is 22.2 Å². The molecule has 3 aromatic rings. The van der Waals surface area contributed by atoms with Gasteiger partial charge in [0, 0.05) is 18.3 Å². The molecule has 110 valence electrons. The molecule has 21 heavy (non-hydrogen) atoms. The summed E-state index contributed by atoms with van der Waals surface area (Å²) in [5.41, 5.74) is 1.82. The van der Waals surface area contributed by atoms with Crippen LogP contribution in [0.1, 0.15) is 10.7 Å². The van der Waals surface area contributed by atoms with Crippen LogP contribution < -0.4 is 5.32 Å². The van der Waals surface area contributed by atoms with E-state index < -0.39 is 0 Å². The van der Waals surface area contributed by atoms with Crippen molar-refractivity contribution in [3.05, 3.63) is 28.6 Å². The number of aryl methyl sites for hydroxylation is 1. The Morgan fingerprint density at radius 2 is 2.29 bits per heavy atom. The number of nitrogens with zero attached hydrogens (tertiary/aromatic N) is 5. The van der Waals surface area contributed by atoms with E-state index in [-0.39, 0.29) is 6.61 Å². The summed E-state index contributed by atoms with van der Waals surface area (Å²) >= 11 is 1.66. The van der Waals surface area contributed by atoms with Gasteiger partial charge in [-0.3, -0.25) is 0 Å². The molecule has 0 atom stereocenters. The molecule has 0 aromatic carbocycles. The van der Waals surface area contributed by atoms with E-state index >= 15 is 0 Å². The molecular formula is C13H16N6OS. The number of aromatic nitrogens is 5. The van der Waals surface area contributed by atoms with Crippen molar-refractivity contribution in [1.29, 1.82) is 0 Å². The number of rotatable bonds is 6. The van der Waals surface area contributed by atoms with E-state index in [0.717, 1.165) is 40.5 Å². The van der Waals surface area contributed by atoms with Crippen molar-refractivity contribution < 1.29 is 5.11 Å². The Labute approximate surface area is 125 Å². The molecule has 3 aromatic heterocycles. The van der Waals surface area contributed by atoms with Gasteiger partial charge in [0.15, 0.2) is 5.65 Å². The molecule has 0 saturated heterocycles. The van der Waals surface area contributed by atoms with Crippen molar-refractivity contribution >= 4 is 28.2 Å². The van der Waals surface area contributed by atoms with Gasteiger partial charge in [0.2, 0.25) is 0 Å². The standard InChI is InChI=1S/C13H16N6OS/c1-9-18-10(7-21-9)2-3-14-12-11-6-17-19(4-5-20)13(11)16-8-15-12/h6-8,20H,2-5H2,1H3,(H,14,15,16). The second-order valence-corrected chi connectivity index (χ2v) is 5.65. The largest absolute Gasteiger partial charge is 0.394 e. The number of hydrogen-bond acceptors (Lipinski definition) is 7. The zero-order valence-electron chi connectivity index (χ0n) is 11.7. The molecule has 0 aliphatic carbocycles. The number of aliphatic hydroxyl groups excluding tert-OH is 1. The Balaban J connectivity index is 1.71. The first-order valence-electron chi connectivity index (χ1n) is 6.70. The van der Waals surface area contributed by atoms with Crippen molar-refractivity contribution in [3.8, 4) is 0 Å². The van der Waals surface area contributed by atoms with Crippen molar-refractivity contribution in [2.75, 3.05) is 18.5 Å². The lowest BCUT2D eigenvalue weighted by Gasteiger charge is -2.05. The fourth-order valence-electron chi connectivity index (χ4n) is 2.12. The lowest BCUT2D eigenvalue weighted by atomic mass is 10.3. The Morgan fingerprint density at radius 1 is 1.38 bits per heavy atom. The van der Waals surface area contributed by atoms with Crippen LogP contribution in [-0.2, 0) is 13.0 Å². The molecule has 0 unspecified atom stereocenters. The van der Waals surface area contributed by atoms with Gasteiger partial charge in [-0.1, -0.05) is 0 Å². The van der Waals surface area contributed by atoms with Crippen LogP contribution in [0, 0.1) is 6.92 Å². The lowest BCUT2D eigenvalue weighted by molar-refractivity contribution is 0.271. The van der Waals surface area contributed by atoms with Gasteiger partial charge in [-0.2, -0.15) is 5.10 Å². The number of aliphatic hydroxyl groups is 1. The molecule has 0 bridgehead atoms. The van der Waals surface area contributed by atoms with Crippen molar-refractivity contribution in [2.24, 2.45) is 0 Å². The smallest absolute Gasteiger partial charge is 0.163 e. The van der Waals surface area contributed by atoms with Crippen molar-refractivity contribution in [2.45, 2.75) is 19.9 Å². The maximum atomic E-state index is 9.01. The number of fused-ring (bicyclic) bond motifs is 1. The molecule has 0 amide bonds. The van der Waals surface area contributed by atoms with Crippen LogP contribution in [0.5, 0.6) is 0 Å². The molecular weight excluding hydrogens is 288 g/mol. The van der Waals surface area contributed by atoms with Gasteiger partial charge in [-0.25, -0.2) is 19.6 Å². The molecule has 0 fully saturated rings. The average Bonchev–Trinajstić information content (AvgIpc) is 3.07. The molecule has 0 spiro atoms. The first kappa shape index (κ1) is 13.9. The third kappa shape index (κ3) is 3.01. The van der Waals surface area contributed by atoms with E-state index in [4.69, 9.17) is 5.11 Å². The number of thiazole rings is 1. The summed E-state index contributed by atoms with van der Waals surface area (Å²) in [7, 11) is 0. The number of hydrogen-bond donors (Lipinski definition) is 2. The topological polar surface area (TPSA) is 88.8 Å². The first-order chi connectivity index (χ1) is 10.3. The second kappa shape index (κ2) is 6.15. The summed E-state index contributed by atoms with van der Waals surface area (Å²) in [6.45, 7) is 3.22. The van der Waals surface area contributed by atoms with Gasteiger partial charge in [0.25, 0.3) is 0 Å². The Hall–Kier alpha value is -2.06. The Kier molecular flexibility index (Phi) is 4.07. The highest BCUT2D eigenvalue weighted by Gasteiger charge is 2.09. The quantitative estimate of drug-likeness (QED) is 0.712. The third-order valence-corrected chi connectivity index (χ3v) is 3.91. The van der Waals surface area contributed by atoms with E-state index in [1.807, 2.05) is 6.92 Å². The maximum absolute atomic E-state index is 9.01. The summed E-state index contributed by atoms with van der Waals surface area (Å²) in [4.78, 5) is 12.9. The molecule has 0 saturated carbocycles. The maximum Gasteiger partial charge on any atom is 0.163 e. The van der Waals surface area contributed by atoms with Crippen LogP contribution in [0.15, 0.2) is 17.9 Å². The van der Waals surface area contributed by atoms with Gasteiger partial charge in [0.1, 0.15) is 12.1 Å². The van der Waals surface area contributed by atoms with Crippen molar-refractivity contribution in [1.82, 2.24) is 24.7 Å². The van der Waals surface area contributed by atoms with Gasteiger partial charge in [0.05, 0.1) is 35.4 Å². The molecule has 0 aliphatic heterocycles. The number of nitrogens with one attached hydrogen (secondary N) is 1. The molecule has 2 N–H and O–H groups in total. The van der Waals surface area contributed by atoms with Crippen LogP contribution in [-0.4, -0.2) is 43.0 Å². The Morgan fingerprint density at radius 3 is 3.05 bits per heavy atom. The highest BCUT2D eigenvalue weighted by Crippen LogP contribution is 2.18. The zero-order valence-corrected chi connectivity index (χ0v) is 12.5. The summed E-state index contributed by atoms with van der Waals surface area (Å²) in [5, 5.41) is 20.5. The highest BCUT2D eigenvalue weighted by molar-refractivity contribution is 7.09. The molecule has 8 heteroatoms. The molecule has 3 heterocycles. The summed E-state index contributed by atoms with van der Waals surface area (Å²) < 4.78 is 1.67. The minimum atomic E-state index is 0.0344. The van der Waals surface area contributed by atoms with Gasteiger partial charge in [-0.15, -0.1) is 11.3 Å². The van der Waals surface area contributed by atoms with Gasteiger partial charge >= 0.3 is 0 Å². The lowest BCUT2D eigenvalue weighted by Crippen LogP contribution is -2.08. The third-order valence-electron chi connectivity index (χ3n) is 3.09. The Bertz CT molecular complexity index is 737. The monoisotopic (exact) mass is 304 g/mol. The van der Waals surface area contributed by atoms with Crippen LogP contribution in [0.25, 0.3) is 11.0 Å². The SMILES string of the molecule is Cc1nc(CCNc2ncnc3c2cnn3CCO)cs1. The van der Waals surface area contributed by atoms with Gasteiger partial charge in [-0.05, 0) is 6.92 Å². The molecule has 0 aliphatic rings.